The molecule has 1 heterocycles. The Kier molecular flexibility index (Phi) is 2.87. The van der Waals surface area contributed by atoms with Gasteiger partial charge in [-0.25, -0.2) is 4.98 Å². The van der Waals surface area contributed by atoms with Crippen molar-refractivity contribution in [2.45, 2.75) is 13.0 Å². The lowest BCUT2D eigenvalue weighted by Crippen LogP contribution is -1.99. The van der Waals surface area contributed by atoms with E-state index in [2.05, 4.69) is 9.55 Å². The highest BCUT2D eigenvalue weighted by molar-refractivity contribution is 5.78. The third-order valence-corrected chi connectivity index (χ3v) is 2.39. The number of anilines is 1. The van der Waals surface area contributed by atoms with Crippen molar-refractivity contribution in [1.29, 1.82) is 0 Å². The van der Waals surface area contributed by atoms with Crippen LogP contribution in [0.25, 0.3) is 11.0 Å². The highest BCUT2D eigenvalue weighted by Crippen LogP contribution is 2.16. The normalized spacial score (nSPS) is 11.0. The quantitative estimate of drug-likeness (QED) is 0.610. The Morgan fingerprint density at radius 3 is 3.13 bits per heavy atom. The van der Waals surface area contributed by atoms with Crippen molar-refractivity contribution in [3.05, 3.63) is 24.5 Å². The summed E-state index contributed by atoms with van der Waals surface area (Å²) < 4.78 is 7.14. The third kappa shape index (κ3) is 2.10. The highest BCUT2D eigenvalue weighted by atomic mass is 16.5. The lowest BCUT2D eigenvalue weighted by molar-refractivity contribution is 0.190. The number of nitrogens with zero attached hydrogens (tertiary/aromatic N) is 2. The SMILES string of the molecule is COCCCn1cnc2cc(N)ccc21. The van der Waals surface area contributed by atoms with Crippen LogP contribution in [0.15, 0.2) is 24.5 Å². The van der Waals surface area contributed by atoms with Gasteiger partial charge in [-0.3, -0.25) is 0 Å². The molecule has 4 nitrogen and oxygen atoms in total. The molecule has 0 saturated heterocycles. The van der Waals surface area contributed by atoms with Gasteiger partial charge in [-0.1, -0.05) is 0 Å². The number of methoxy groups -OCH3 is 1. The molecular weight excluding hydrogens is 190 g/mol. The van der Waals surface area contributed by atoms with Gasteiger partial charge in [0.15, 0.2) is 0 Å². The van der Waals surface area contributed by atoms with Gasteiger partial charge in [0.25, 0.3) is 0 Å². The van der Waals surface area contributed by atoms with E-state index in [-0.39, 0.29) is 0 Å². The van der Waals surface area contributed by atoms with Crippen molar-refractivity contribution < 1.29 is 4.74 Å². The molecule has 0 spiro atoms. The Labute approximate surface area is 88.7 Å². The summed E-state index contributed by atoms with van der Waals surface area (Å²) in [5.74, 6) is 0. The van der Waals surface area contributed by atoms with Crippen LogP contribution in [0.2, 0.25) is 0 Å². The fourth-order valence-corrected chi connectivity index (χ4v) is 1.64. The third-order valence-electron chi connectivity index (χ3n) is 2.39. The average molecular weight is 205 g/mol. The van der Waals surface area contributed by atoms with Gasteiger partial charge >= 0.3 is 0 Å². The maximum atomic E-state index is 5.69. The van der Waals surface area contributed by atoms with Crippen LogP contribution in [0.4, 0.5) is 5.69 Å². The molecule has 0 aliphatic carbocycles. The molecule has 4 heteroatoms. The molecule has 15 heavy (non-hydrogen) atoms. The number of rotatable bonds is 4. The first kappa shape index (κ1) is 9.98. The first-order valence-corrected chi connectivity index (χ1v) is 5.00. The van der Waals surface area contributed by atoms with E-state index in [9.17, 15) is 0 Å². The predicted octanol–water partition coefficient (Wildman–Crippen LogP) is 1.66. The zero-order valence-corrected chi connectivity index (χ0v) is 8.81. The molecule has 0 amide bonds. The van der Waals surface area contributed by atoms with Crippen LogP contribution in [-0.2, 0) is 11.3 Å². The van der Waals surface area contributed by atoms with Crippen LogP contribution in [-0.4, -0.2) is 23.3 Å². The second kappa shape index (κ2) is 4.31. The Morgan fingerprint density at radius 2 is 2.33 bits per heavy atom. The number of hydrogen-bond acceptors (Lipinski definition) is 3. The van der Waals surface area contributed by atoms with Gasteiger partial charge < -0.3 is 15.0 Å². The van der Waals surface area contributed by atoms with Gasteiger partial charge in [-0.05, 0) is 24.6 Å². The molecule has 0 bridgehead atoms. The number of nitrogen functional groups attached to an aromatic ring is 1. The van der Waals surface area contributed by atoms with Gasteiger partial charge in [0.05, 0.1) is 17.4 Å². The number of nitrogens with two attached hydrogens (primary N) is 1. The highest BCUT2D eigenvalue weighted by Gasteiger charge is 2.01. The van der Waals surface area contributed by atoms with Crippen LogP contribution in [0.3, 0.4) is 0 Å². The van der Waals surface area contributed by atoms with Crippen LogP contribution in [0.5, 0.6) is 0 Å². The average Bonchev–Trinajstić information content (AvgIpc) is 2.61. The van der Waals surface area contributed by atoms with Crippen molar-refractivity contribution >= 4 is 16.7 Å². The number of ether oxygens (including phenoxy) is 1. The van der Waals surface area contributed by atoms with E-state index in [4.69, 9.17) is 10.5 Å². The summed E-state index contributed by atoms with van der Waals surface area (Å²) in [7, 11) is 1.71. The van der Waals surface area contributed by atoms with E-state index in [1.807, 2.05) is 24.5 Å². The number of fused-ring (bicyclic) bond motifs is 1. The first-order chi connectivity index (χ1) is 7.31. The van der Waals surface area contributed by atoms with Gasteiger partial charge in [-0.15, -0.1) is 0 Å². The maximum Gasteiger partial charge on any atom is 0.0958 e. The monoisotopic (exact) mass is 205 g/mol. The van der Waals surface area contributed by atoms with Crippen LogP contribution in [0, 0.1) is 0 Å². The molecule has 0 unspecified atom stereocenters. The van der Waals surface area contributed by atoms with E-state index in [1.54, 1.807) is 7.11 Å². The molecule has 2 rings (SSSR count). The van der Waals surface area contributed by atoms with Gasteiger partial charge in [-0.2, -0.15) is 0 Å². The second-order valence-electron chi connectivity index (χ2n) is 3.53. The maximum absolute atomic E-state index is 5.69. The largest absolute Gasteiger partial charge is 0.399 e. The molecule has 0 saturated carbocycles. The van der Waals surface area contributed by atoms with Crippen molar-refractivity contribution in [3.8, 4) is 0 Å². The molecule has 0 atom stereocenters. The van der Waals surface area contributed by atoms with Crippen molar-refractivity contribution in [1.82, 2.24) is 9.55 Å². The Balaban J connectivity index is 2.21. The molecule has 0 aliphatic heterocycles. The Bertz CT molecular complexity index is 450. The van der Waals surface area contributed by atoms with Gasteiger partial charge in [0, 0.05) is 25.9 Å². The summed E-state index contributed by atoms with van der Waals surface area (Å²) in [5, 5.41) is 0. The number of hydrogen-bond donors (Lipinski definition) is 1. The van der Waals surface area contributed by atoms with Crippen molar-refractivity contribution in [3.63, 3.8) is 0 Å². The Morgan fingerprint density at radius 1 is 1.47 bits per heavy atom. The lowest BCUT2D eigenvalue weighted by atomic mass is 10.3. The summed E-state index contributed by atoms with van der Waals surface area (Å²) in [5.41, 5.74) is 8.52. The van der Waals surface area contributed by atoms with Crippen molar-refractivity contribution in [2.75, 3.05) is 19.5 Å². The van der Waals surface area contributed by atoms with E-state index in [0.717, 1.165) is 36.3 Å². The fraction of sp³-hybridized carbons (Fsp3) is 0.364. The molecule has 0 fully saturated rings. The van der Waals surface area contributed by atoms with E-state index >= 15 is 0 Å². The smallest absolute Gasteiger partial charge is 0.0958 e. The molecule has 0 aliphatic rings. The molecule has 80 valence electrons. The standard InChI is InChI=1S/C11H15N3O/c1-15-6-2-5-14-8-13-10-7-9(12)3-4-11(10)14/h3-4,7-8H,2,5-6,12H2,1H3. The Hall–Kier alpha value is -1.55. The summed E-state index contributed by atoms with van der Waals surface area (Å²) in [6.45, 7) is 1.70. The van der Waals surface area contributed by atoms with Crippen LogP contribution >= 0.6 is 0 Å². The first-order valence-electron chi connectivity index (χ1n) is 5.00. The molecule has 0 radical (unpaired) electrons. The van der Waals surface area contributed by atoms with E-state index < -0.39 is 0 Å². The second-order valence-corrected chi connectivity index (χ2v) is 3.53. The van der Waals surface area contributed by atoms with Crippen LogP contribution < -0.4 is 5.73 Å². The molecule has 2 aromatic rings. The molecule has 1 aromatic carbocycles. The minimum absolute atomic E-state index is 0.754. The lowest BCUT2D eigenvalue weighted by Gasteiger charge is -2.03. The van der Waals surface area contributed by atoms with Crippen LogP contribution in [0.1, 0.15) is 6.42 Å². The number of imidazole rings is 1. The number of aryl methyl sites for hydroxylation is 1. The van der Waals surface area contributed by atoms with Gasteiger partial charge in [0.1, 0.15) is 0 Å². The topological polar surface area (TPSA) is 53.1 Å². The number of benzene rings is 1. The molecule has 1 aromatic heterocycles. The molecule has 2 N–H and O–H groups in total. The zero-order chi connectivity index (χ0) is 10.7. The predicted molar refractivity (Wildman–Crippen MR) is 60.6 cm³/mol. The summed E-state index contributed by atoms with van der Waals surface area (Å²) >= 11 is 0. The van der Waals surface area contributed by atoms with Gasteiger partial charge in [0.2, 0.25) is 0 Å². The minimum Gasteiger partial charge on any atom is -0.399 e. The minimum atomic E-state index is 0.754. The van der Waals surface area contributed by atoms with E-state index in [0.29, 0.717) is 0 Å². The van der Waals surface area contributed by atoms with Crippen molar-refractivity contribution in [2.24, 2.45) is 0 Å². The molecular formula is C11H15N3O. The zero-order valence-electron chi connectivity index (χ0n) is 8.81. The fourth-order valence-electron chi connectivity index (χ4n) is 1.64. The summed E-state index contributed by atoms with van der Waals surface area (Å²) in [6, 6.07) is 5.80. The number of aromatic nitrogens is 2. The summed E-state index contributed by atoms with van der Waals surface area (Å²) in [4.78, 5) is 4.30. The summed E-state index contributed by atoms with van der Waals surface area (Å²) in [6.07, 6.45) is 2.84. The van der Waals surface area contributed by atoms with E-state index in [1.165, 1.54) is 0 Å².